The molecule has 0 unspecified atom stereocenters. The van der Waals surface area contributed by atoms with E-state index in [0.29, 0.717) is 17.9 Å². The molecule has 0 radical (unpaired) electrons. The molecule has 0 aliphatic heterocycles. The molecule has 0 spiro atoms. The van der Waals surface area contributed by atoms with Crippen molar-refractivity contribution in [2.75, 3.05) is 6.54 Å². The van der Waals surface area contributed by atoms with Crippen LogP contribution in [0.4, 0.5) is 0 Å². The Hall–Kier alpha value is -1.60. The molecule has 0 saturated carbocycles. The summed E-state index contributed by atoms with van der Waals surface area (Å²) in [5, 5.41) is 0. The van der Waals surface area contributed by atoms with Gasteiger partial charge in [-0.15, -0.1) is 0 Å². The number of nitrogens with zero attached hydrogens (tertiary/aromatic N) is 2. The van der Waals surface area contributed by atoms with Crippen LogP contribution < -0.4 is 4.72 Å². The molecule has 0 aliphatic rings. The lowest BCUT2D eigenvalue weighted by Gasteiger charge is -2.04. The molecule has 2 N–H and O–H groups in total. The fraction of sp³-hybridized carbons (Fsp3) is 0.364. The molecule has 0 aromatic carbocycles. The van der Waals surface area contributed by atoms with Crippen LogP contribution in [0, 0.1) is 0 Å². The van der Waals surface area contributed by atoms with E-state index >= 15 is 0 Å². The second-order valence-corrected chi connectivity index (χ2v) is 5.82. The lowest BCUT2D eigenvalue weighted by molar-refractivity contribution is 0.578. The maximum Gasteiger partial charge on any atom is 0.242 e. The maximum absolute atomic E-state index is 11.9. The number of rotatable bonds is 6. The molecule has 7 heteroatoms. The standard InChI is InChI=1S/C11H16N4O2S/c1-15-8-4-10(9-15)18(16,17)14-5-2-3-11-12-6-7-13-11/h4,6-9,14H,2-3,5H2,1H3,(H,12,13). The van der Waals surface area contributed by atoms with Crippen molar-refractivity contribution in [2.24, 2.45) is 7.05 Å². The number of aromatic amines is 1. The highest BCUT2D eigenvalue weighted by atomic mass is 32.2. The van der Waals surface area contributed by atoms with Crippen LogP contribution in [0.3, 0.4) is 0 Å². The molecule has 6 nitrogen and oxygen atoms in total. The Labute approximate surface area is 106 Å². The van der Waals surface area contributed by atoms with Crippen molar-refractivity contribution >= 4 is 10.0 Å². The highest BCUT2D eigenvalue weighted by Crippen LogP contribution is 2.08. The van der Waals surface area contributed by atoms with Crippen molar-refractivity contribution < 1.29 is 8.42 Å². The Balaban J connectivity index is 1.82. The zero-order valence-corrected chi connectivity index (χ0v) is 10.9. The SMILES string of the molecule is Cn1ccc(S(=O)(=O)NCCCc2ncc[nH]2)c1. The first kappa shape index (κ1) is 12.8. The molecule has 98 valence electrons. The van der Waals surface area contributed by atoms with Crippen molar-refractivity contribution in [2.45, 2.75) is 17.7 Å². The lowest BCUT2D eigenvalue weighted by Crippen LogP contribution is -2.24. The monoisotopic (exact) mass is 268 g/mol. The van der Waals surface area contributed by atoms with Crippen molar-refractivity contribution in [3.05, 3.63) is 36.7 Å². The van der Waals surface area contributed by atoms with E-state index in [1.807, 2.05) is 0 Å². The van der Waals surface area contributed by atoms with E-state index in [0.717, 1.165) is 12.2 Å². The Morgan fingerprint density at radius 1 is 1.50 bits per heavy atom. The fourth-order valence-electron chi connectivity index (χ4n) is 1.62. The Kier molecular flexibility index (Phi) is 3.83. The minimum atomic E-state index is -3.38. The van der Waals surface area contributed by atoms with E-state index in [-0.39, 0.29) is 0 Å². The summed E-state index contributed by atoms with van der Waals surface area (Å²) < 4.78 is 28.0. The number of sulfonamides is 1. The number of hydrogen-bond acceptors (Lipinski definition) is 3. The molecule has 0 saturated heterocycles. The van der Waals surface area contributed by atoms with Gasteiger partial charge >= 0.3 is 0 Å². The summed E-state index contributed by atoms with van der Waals surface area (Å²) in [6.07, 6.45) is 8.16. The third kappa shape index (κ3) is 3.21. The van der Waals surface area contributed by atoms with Gasteiger partial charge in [-0.1, -0.05) is 0 Å². The summed E-state index contributed by atoms with van der Waals surface area (Å²) in [5.74, 6) is 0.869. The number of aromatic nitrogens is 3. The van der Waals surface area contributed by atoms with Crippen LogP contribution in [0.5, 0.6) is 0 Å². The molecule has 0 bridgehead atoms. The quantitative estimate of drug-likeness (QED) is 0.755. The van der Waals surface area contributed by atoms with Crippen LogP contribution in [-0.2, 0) is 23.5 Å². The third-order valence-corrected chi connectivity index (χ3v) is 4.00. The topological polar surface area (TPSA) is 79.8 Å². The number of hydrogen-bond donors (Lipinski definition) is 2. The van der Waals surface area contributed by atoms with Gasteiger partial charge in [0.15, 0.2) is 0 Å². The summed E-state index contributed by atoms with van der Waals surface area (Å²) in [5.41, 5.74) is 0. The fourth-order valence-corrected chi connectivity index (χ4v) is 2.74. The number of nitrogens with one attached hydrogen (secondary N) is 2. The van der Waals surface area contributed by atoms with Crippen molar-refractivity contribution in [3.63, 3.8) is 0 Å². The molecule has 0 amide bonds. The predicted octanol–water partition coefficient (Wildman–Crippen LogP) is 0.659. The summed E-state index contributed by atoms with van der Waals surface area (Å²) in [4.78, 5) is 7.35. The zero-order valence-electron chi connectivity index (χ0n) is 10.1. The van der Waals surface area contributed by atoms with Gasteiger partial charge in [0.1, 0.15) is 5.82 Å². The van der Waals surface area contributed by atoms with E-state index in [4.69, 9.17) is 0 Å². The van der Waals surface area contributed by atoms with Crippen LogP contribution in [0.1, 0.15) is 12.2 Å². The van der Waals surface area contributed by atoms with E-state index in [1.165, 1.54) is 0 Å². The molecule has 18 heavy (non-hydrogen) atoms. The van der Waals surface area contributed by atoms with Gasteiger partial charge < -0.3 is 9.55 Å². The lowest BCUT2D eigenvalue weighted by atomic mass is 10.3. The van der Waals surface area contributed by atoms with Crippen molar-refractivity contribution in [1.82, 2.24) is 19.3 Å². The highest BCUT2D eigenvalue weighted by molar-refractivity contribution is 7.89. The van der Waals surface area contributed by atoms with Gasteiger partial charge in [-0.05, 0) is 12.5 Å². The number of imidazole rings is 1. The molecule has 2 rings (SSSR count). The van der Waals surface area contributed by atoms with E-state index in [1.54, 1.807) is 42.5 Å². The first-order valence-electron chi connectivity index (χ1n) is 5.68. The van der Waals surface area contributed by atoms with E-state index < -0.39 is 10.0 Å². The molecule has 0 fully saturated rings. The van der Waals surface area contributed by atoms with Crippen LogP contribution >= 0.6 is 0 Å². The van der Waals surface area contributed by atoms with Gasteiger partial charge in [-0.2, -0.15) is 0 Å². The number of H-pyrrole nitrogens is 1. The van der Waals surface area contributed by atoms with Crippen LogP contribution in [0.15, 0.2) is 35.7 Å². The smallest absolute Gasteiger partial charge is 0.242 e. The molecule has 0 atom stereocenters. The summed E-state index contributed by atoms with van der Waals surface area (Å²) in [6.45, 7) is 0.401. The van der Waals surface area contributed by atoms with Crippen LogP contribution in [0.25, 0.3) is 0 Å². The summed E-state index contributed by atoms with van der Waals surface area (Å²) in [6, 6.07) is 1.58. The van der Waals surface area contributed by atoms with Gasteiger partial charge in [0, 0.05) is 44.8 Å². The Morgan fingerprint density at radius 2 is 2.33 bits per heavy atom. The Bertz CT molecular complexity index is 586. The predicted molar refractivity (Wildman–Crippen MR) is 67.5 cm³/mol. The molecule has 0 aliphatic carbocycles. The largest absolute Gasteiger partial charge is 0.356 e. The van der Waals surface area contributed by atoms with E-state index in [2.05, 4.69) is 14.7 Å². The Morgan fingerprint density at radius 3 is 2.94 bits per heavy atom. The molecule has 2 aromatic rings. The molecule has 2 aromatic heterocycles. The van der Waals surface area contributed by atoms with Gasteiger partial charge in [0.2, 0.25) is 10.0 Å². The van der Waals surface area contributed by atoms with Gasteiger partial charge in [0.05, 0.1) is 4.90 Å². The first-order chi connectivity index (χ1) is 8.58. The van der Waals surface area contributed by atoms with Crippen LogP contribution in [-0.4, -0.2) is 29.5 Å². The second kappa shape index (κ2) is 5.36. The van der Waals surface area contributed by atoms with Gasteiger partial charge in [-0.25, -0.2) is 18.1 Å². The zero-order chi connectivity index (χ0) is 13.0. The van der Waals surface area contributed by atoms with Crippen molar-refractivity contribution in [3.8, 4) is 0 Å². The second-order valence-electron chi connectivity index (χ2n) is 4.05. The van der Waals surface area contributed by atoms with Gasteiger partial charge in [-0.3, -0.25) is 0 Å². The first-order valence-corrected chi connectivity index (χ1v) is 7.16. The van der Waals surface area contributed by atoms with E-state index in [9.17, 15) is 8.42 Å². The molecular weight excluding hydrogens is 252 g/mol. The highest BCUT2D eigenvalue weighted by Gasteiger charge is 2.13. The summed E-state index contributed by atoms with van der Waals surface area (Å²) >= 11 is 0. The average Bonchev–Trinajstić information content (AvgIpc) is 2.95. The molecular formula is C11H16N4O2S. The maximum atomic E-state index is 11.9. The summed E-state index contributed by atoms with van der Waals surface area (Å²) in [7, 11) is -1.59. The number of aryl methyl sites for hydroxylation is 2. The third-order valence-electron chi connectivity index (χ3n) is 2.55. The normalized spacial score (nSPS) is 11.8. The average molecular weight is 268 g/mol. The van der Waals surface area contributed by atoms with Gasteiger partial charge in [0.25, 0.3) is 0 Å². The van der Waals surface area contributed by atoms with Crippen molar-refractivity contribution in [1.29, 1.82) is 0 Å². The molecule has 2 heterocycles. The van der Waals surface area contributed by atoms with Crippen LogP contribution in [0.2, 0.25) is 0 Å². The minimum absolute atomic E-state index is 0.294. The minimum Gasteiger partial charge on any atom is -0.356 e.